The number of nitrogens with one attached hydrogen (secondary N) is 1. The smallest absolute Gasteiger partial charge is 0.185 e. The van der Waals surface area contributed by atoms with Crippen molar-refractivity contribution in [1.82, 2.24) is 4.98 Å². The quantitative estimate of drug-likeness (QED) is 0.880. The highest BCUT2D eigenvalue weighted by atomic mass is 19.2. The minimum atomic E-state index is -1.22. The number of hydrogen-bond acceptors (Lipinski definition) is 3. The van der Waals surface area contributed by atoms with Crippen LogP contribution in [0.2, 0.25) is 0 Å². The van der Waals surface area contributed by atoms with Crippen molar-refractivity contribution in [2.75, 3.05) is 18.5 Å². The first-order valence-corrected chi connectivity index (χ1v) is 6.94. The molecule has 0 fully saturated rings. The van der Waals surface area contributed by atoms with Gasteiger partial charge in [0.15, 0.2) is 11.6 Å². The van der Waals surface area contributed by atoms with Crippen LogP contribution < -0.4 is 5.32 Å². The highest BCUT2D eigenvalue weighted by Gasteiger charge is 2.24. The molecule has 1 aliphatic rings. The summed E-state index contributed by atoms with van der Waals surface area (Å²) in [6.07, 6.45) is 1.33. The molecule has 1 N–H and O–H groups in total. The van der Waals surface area contributed by atoms with Gasteiger partial charge in [-0.25, -0.2) is 18.2 Å². The first-order chi connectivity index (χ1) is 10.1. The first kappa shape index (κ1) is 14.1. The normalized spacial score (nSPS) is 14.3. The number of ether oxygens (including phenoxy) is 1. The molecule has 1 aromatic heterocycles. The van der Waals surface area contributed by atoms with Crippen LogP contribution in [0.25, 0.3) is 10.9 Å². The van der Waals surface area contributed by atoms with Gasteiger partial charge in [0, 0.05) is 24.6 Å². The van der Waals surface area contributed by atoms with Crippen LogP contribution in [0.5, 0.6) is 0 Å². The van der Waals surface area contributed by atoms with Gasteiger partial charge in [0.1, 0.15) is 11.3 Å². The summed E-state index contributed by atoms with van der Waals surface area (Å²) in [5.41, 5.74) is 1.57. The minimum Gasteiger partial charge on any atom is -0.384 e. The highest BCUT2D eigenvalue weighted by Crippen LogP contribution is 2.35. The third-order valence-corrected chi connectivity index (χ3v) is 3.57. The summed E-state index contributed by atoms with van der Waals surface area (Å²) in [4.78, 5) is 4.13. The molecule has 0 saturated carbocycles. The van der Waals surface area contributed by atoms with Crippen molar-refractivity contribution in [3.63, 3.8) is 0 Å². The van der Waals surface area contributed by atoms with E-state index >= 15 is 0 Å². The zero-order valence-corrected chi connectivity index (χ0v) is 11.6. The van der Waals surface area contributed by atoms with Crippen LogP contribution in [-0.2, 0) is 17.8 Å². The Hall–Kier alpha value is -1.82. The predicted molar refractivity (Wildman–Crippen MR) is 73.8 cm³/mol. The number of halogens is 3. The molecule has 0 atom stereocenters. The van der Waals surface area contributed by atoms with Crippen LogP contribution in [0.1, 0.15) is 24.6 Å². The third-order valence-electron chi connectivity index (χ3n) is 3.57. The third kappa shape index (κ3) is 2.33. The molecule has 0 bridgehead atoms. The number of benzene rings is 1. The van der Waals surface area contributed by atoms with Gasteiger partial charge in [-0.05, 0) is 6.42 Å². The number of rotatable bonds is 3. The second-order valence-corrected chi connectivity index (χ2v) is 5.02. The van der Waals surface area contributed by atoms with Crippen molar-refractivity contribution in [1.29, 1.82) is 0 Å². The zero-order valence-electron chi connectivity index (χ0n) is 11.6. The monoisotopic (exact) mass is 296 g/mol. The van der Waals surface area contributed by atoms with Crippen molar-refractivity contribution < 1.29 is 17.9 Å². The second-order valence-electron chi connectivity index (χ2n) is 5.02. The number of aromatic nitrogens is 1. The lowest BCUT2D eigenvalue weighted by atomic mass is 10.0. The number of nitrogens with zero attached hydrogens (tertiary/aromatic N) is 1. The summed E-state index contributed by atoms with van der Waals surface area (Å²) in [5, 5.41) is 3.10. The maximum absolute atomic E-state index is 14.2. The van der Waals surface area contributed by atoms with E-state index in [2.05, 4.69) is 10.3 Å². The summed E-state index contributed by atoms with van der Waals surface area (Å²) >= 11 is 0. The van der Waals surface area contributed by atoms with E-state index in [0.717, 1.165) is 12.0 Å². The Bertz CT molecular complexity index is 703. The van der Waals surface area contributed by atoms with E-state index in [1.54, 1.807) is 0 Å². The molecular weight excluding hydrogens is 281 g/mol. The van der Waals surface area contributed by atoms with Crippen molar-refractivity contribution >= 4 is 16.6 Å². The molecule has 2 heterocycles. The van der Waals surface area contributed by atoms with Crippen LogP contribution in [-0.4, -0.2) is 18.1 Å². The van der Waals surface area contributed by atoms with E-state index in [4.69, 9.17) is 4.74 Å². The van der Waals surface area contributed by atoms with E-state index in [9.17, 15) is 13.2 Å². The molecule has 0 amide bonds. The van der Waals surface area contributed by atoms with E-state index < -0.39 is 17.5 Å². The van der Waals surface area contributed by atoms with Gasteiger partial charge < -0.3 is 10.1 Å². The Labute approximate surface area is 120 Å². The van der Waals surface area contributed by atoms with E-state index in [0.29, 0.717) is 43.6 Å². The van der Waals surface area contributed by atoms with Gasteiger partial charge in [-0.15, -0.1) is 0 Å². The minimum absolute atomic E-state index is 0.00778. The fourth-order valence-corrected chi connectivity index (χ4v) is 2.57. The largest absolute Gasteiger partial charge is 0.384 e. The van der Waals surface area contributed by atoms with Crippen LogP contribution in [0, 0.1) is 17.5 Å². The number of anilines is 1. The maximum atomic E-state index is 14.2. The molecule has 0 spiro atoms. The summed E-state index contributed by atoms with van der Waals surface area (Å²) in [6.45, 7) is 3.33. The average molecular weight is 296 g/mol. The second kappa shape index (κ2) is 5.52. The molecule has 21 heavy (non-hydrogen) atoms. The summed E-state index contributed by atoms with van der Waals surface area (Å²) in [6, 6.07) is 0.562. The van der Waals surface area contributed by atoms with Gasteiger partial charge in [0.25, 0.3) is 0 Å². The predicted octanol–water partition coefficient (Wildman–Crippen LogP) is 3.55. The standard InChI is InChI=1S/C15H15F3N2O/c1-2-4-19-14-8-7-21-5-3-11(8)20-15-12(14)9(16)6-10(17)13(15)18/h6H,2-5,7H2,1H3,(H,19,20). The van der Waals surface area contributed by atoms with Gasteiger partial charge in [0.05, 0.1) is 30.0 Å². The maximum Gasteiger partial charge on any atom is 0.185 e. The lowest BCUT2D eigenvalue weighted by Gasteiger charge is -2.22. The zero-order chi connectivity index (χ0) is 15.0. The van der Waals surface area contributed by atoms with Gasteiger partial charge in [-0.1, -0.05) is 6.92 Å². The summed E-state index contributed by atoms with van der Waals surface area (Å²) in [7, 11) is 0. The van der Waals surface area contributed by atoms with Gasteiger partial charge >= 0.3 is 0 Å². The number of pyridine rings is 1. The molecule has 3 nitrogen and oxygen atoms in total. The number of hydrogen-bond donors (Lipinski definition) is 1. The van der Waals surface area contributed by atoms with Crippen LogP contribution in [0.15, 0.2) is 6.07 Å². The molecule has 0 aliphatic carbocycles. The Morgan fingerprint density at radius 1 is 1.29 bits per heavy atom. The van der Waals surface area contributed by atoms with Crippen molar-refractivity contribution in [2.24, 2.45) is 0 Å². The SMILES string of the molecule is CCCNc1c2c(nc3c(F)c(F)cc(F)c13)CCOC2. The Kier molecular flexibility index (Phi) is 3.71. The van der Waals surface area contributed by atoms with Gasteiger partial charge in [-0.3, -0.25) is 0 Å². The molecule has 2 aromatic rings. The van der Waals surface area contributed by atoms with Gasteiger partial charge in [-0.2, -0.15) is 0 Å². The molecular formula is C15H15F3N2O. The molecule has 0 radical (unpaired) electrons. The van der Waals surface area contributed by atoms with Crippen LogP contribution in [0.3, 0.4) is 0 Å². The lowest BCUT2D eigenvalue weighted by molar-refractivity contribution is 0.110. The van der Waals surface area contributed by atoms with Gasteiger partial charge in [0.2, 0.25) is 0 Å². The summed E-state index contributed by atoms with van der Waals surface area (Å²) < 4.78 is 47.0. The molecule has 6 heteroatoms. The van der Waals surface area contributed by atoms with Crippen LogP contribution in [0.4, 0.5) is 18.9 Å². The van der Waals surface area contributed by atoms with Crippen molar-refractivity contribution in [3.8, 4) is 0 Å². The lowest BCUT2D eigenvalue weighted by Crippen LogP contribution is -2.17. The topological polar surface area (TPSA) is 34.2 Å². The molecule has 1 aromatic carbocycles. The first-order valence-electron chi connectivity index (χ1n) is 6.94. The van der Waals surface area contributed by atoms with E-state index in [-0.39, 0.29) is 10.9 Å². The molecule has 0 saturated heterocycles. The highest BCUT2D eigenvalue weighted by molar-refractivity contribution is 5.94. The van der Waals surface area contributed by atoms with Crippen LogP contribution >= 0.6 is 0 Å². The van der Waals surface area contributed by atoms with E-state index in [1.165, 1.54) is 0 Å². The Balaban J connectivity index is 2.34. The molecule has 112 valence electrons. The van der Waals surface area contributed by atoms with Crippen molar-refractivity contribution in [2.45, 2.75) is 26.4 Å². The average Bonchev–Trinajstić information content (AvgIpc) is 2.49. The molecule has 0 unspecified atom stereocenters. The fraction of sp³-hybridized carbons (Fsp3) is 0.400. The van der Waals surface area contributed by atoms with Crippen molar-refractivity contribution in [3.05, 3.63) is 34.8 Å². The Morgan fingerprint density at radius 3 is 2.86 bits per heavy atom. The number of fused-ring (bicyclic) bond motifs is 2. The molecule has 1 aliphatic heterocycles. The molecule has 3 rings (SSSR count). The summed E-state index contributed by atoms with van der Waals surface area (Å²) in [5.74, 6) is -3.15. The Morgan fingerprint density at radius 2 is 2.10 bits per heavy atom. The van der Waals surface area contributed by atoms with E-state index in [1.807, 2.05) is 6.92 Å². The fourth-order valence-electron chi connectivity index (χ4n) is 2.57.